The number of anilines is 1. The molecule has 0 amide bonds. The second kappa shape index (κ2) is 5.85. The number of hydrogen-bond acceptors (Lipinski definition) is 1. The molecular formula is C15H20F3N. The van der Waals surface area contributed by atoms with Crippen LogP contribution < -0.4 is 5.32 Å². The molecule has 0 heterocycles. The fourth-order valence-corrected chi connectivity index (χ4v) is 2.77. The number of halogens is 3. The first-order valence-corrected chi connectivity index (χ1v) is 6.90. The lowest BCUT2D eigenvalue weighted by molar-refractivity contribution is -0.137. The molecule has 1 aliphatic carbocycles. The van der Waals surface area contributed by atoms with Crippen LogP contribution in [0, 0.1) is 5.92 Å². The molecule has 1 aromatic carbocycles. The van der Waals surface area contributed by atoms with Crippen molar-refractivity contribution in [1.82, 2.24) is 0 Å². The van der Waals surface area contributed by atoms with E-state index in [-0.39, 0.29) is 0 Å². The van der Waals surface area contributed by atoms with Crippen molar-refractivity contribution in [3.63, 3.8) is 0 Å². The van der Waals surface area contributed by atoms with Crippen molar-refractivity contribution in [2.24, 2.45) is 5.92 Å². The highest BCUT2D eigenvalue weighted by molar-refractivity contribution is 5.46. The molecule has 4 heteroatoms. The van der Waals surface area contributed by atoms with Crippen LogP contribution in [0.25, 0.3) is 0 Å². The van der Waals surface area contributed by atoms with Crippen LogP contribution in [0.15, 0.2) is 24.3 Å². The van der Waals surface area contributed by atoms with Gasteiger partial charge in [-0.25, -0.2) is 0 Å². The SMILES string of the molecule is CC(Nc1ccc(C(F)(F)F)cc1)C1CCCCC1. The molecule has 0 aromatic heterocycles. The molecule has 1 nitrogen and oxygen atoms in total. The minimum absolute atomic E-state index is 0.317. The van der Waals surface area contributed by atoms with E-state index < -0.39 is 11.7 Å². The van der Waals surface area contributed by atoms with Crippen molar-refractivity contribution < 1.29 is 13.2 Å². The summed E-state index contributed by atoms with van der Waals surface area (Å²) in [5.74, 6) is 0.635. The molecule has 0 radical (unpaired) electrons. The number of hydrogen-bond donors (Lipinski definition) is 1. The zero-order valence-corrected chi connectivity index (χ0v) is 11.1. The number of rotatable bonds is 3. The van der Waals surface area contributed by atoms with Crippen molar-refractivity contribution in [3.8, 4) is 0 Å². The lowest BCUT2D eigenvalue weighted by Gasteiger charge is -2.29. The molecule has 0 spiro atoms. The Hall–Kier alpha value is -1.19. The van der Waals surface area contributed by atoms with Crippen molar-refractivity contribution >= 4 is 5.69 Å². The summed E-state index contributed by atoms with van der Waals surface area (Å²) >= 11 is 0. The van der Waals surface area contributed by atoms with Crippen LogP contribution in [0.1, 0.15) is 44.6 Å². The Morgan fingerprint density at radius 3 is 2.16 bits per heavy atom. The highest BCUT2D eigenvalue weighted by Crippen LogP contribution is 2.31. The van der Waals surface area contributed by atoms with Crippen LogP contribution in [0.5, 0.6) is 0 Å². The van der Waals surface area contributed by atoms with E-state index in [2.05, 4.69) is 12.2 Å². The Kier molecular flexibility index (Phi) is 4.38. The Balaban J connectivity index is 1.95. The summed E-state index contributed by atoms with van der Waals surface area (Å²) in [6.45, 7) is 2.12. The topological polar surface area (TPSA) is 12.0 Å². The van der Waals surface area contributed by atoms with Gasteiger partial charge in [0.25, 0.3) is 0 Å². The average molecular weight is 271 g/mol. The first-order chi connectivity index (χ1) is 8.97. The van der Waals surface area contributed by atoms with Crippen LogP contribution in [-0.4, -0.2) is 6.04 Å². The fourth-order valence-electron chi connectivity index (χ4n) is 2.77. The fraction of sp³-hybridized carbons (Fsp3) is 0.600. The summed E-state index contributed by atoms with van der Waals surface area (Å²) in [6, 6.07) is 5.62. The van der Waals surface area contributed by atoms with Crippen LogP contribution >= 0.6 is 0 Å². The highest BCUT2D eigenvalue weighted by Gasteiger charge is 2.30. The van der Waals surface area contributed by atoms with Crippen LogP contribution in [-0.2, 0) is 6.18 Å². The molecule has 0 bridgehead atoms. The molecule has 0 saturated heterocycles. The predicted molar refractivity (Wildman–Crippen MR) is 71.1 cm³/mol. The van der Waals surface area contributed by atoms with Gasteiger partial charge in [0.1, 0.15) is 0 Å². The average Bonchev–Trinajstić information content (AvgIpc) is 2.39. The van der Waals surface area contributed by atoms with Crippen molar-refractivity contribution in [2.45, 2.75) is 51.2 Å². The molecule has 2 rings (SSSR count). The Labute approximate surface area is 112 Å². The second-order valence-corrected chi connectivity index (χ2v) is 5.41. The van der Waals surface area contributed by atoms with E-state index in [0.29, 0.717) is 12.0 Å². The third-order valence-corrected chi connectivity index (χ3v) is 3.96. The monoisotopic (exact) mass is 271 g/mol. The first-order valence-electron chi connectivity index (χ1n) is 6.90. The van der Waals surface area contributed by atoms with E-state index in [0.717, 1.165) is 17.8 Å². The van der Waals surface area contributed by atoms with Crippen molar-refractivity contribution in [2.75, 3.05) is 5.32 Å². The van der Waals surface area contributed by atoms with Gasteiger partial charge in [0.05, 0.1) is 5.56 Å². The standard InChI is InChI=1S/C15H20F3N/c1-11(12-5-3-2-4-6-12)19-14-9-7-13(8-10-14)15(16,17)18/h7-12,19H,2-6H2,1H3. The summed E-state index contributed by atoms with van der Waals surface area (Å²) in [7, 11) is 0. The summed E-state index contributed by atoms with van der Waals surface area (Å²) in [6.07, 6.45) is 2.02. The van der Waals surface area contributed by atoms with E-state index in [1.165, 1.54) is 44.2 Å². The van der Waals surface area contributed by atoms with Gasteiger partial charge in [-0.05, 0) is 49.9 Å². The van der Waals surface area contributed by atoms with Gasteiger partial charge in [-0.3, -0.25) is 0 Å². The summed E-state index contributed by atoms with van der Waals surface area (Å²) in [5.41, 5.74) is 0.175. The van der Waals surface area contributed by atoms with Crippen LogP contribution in [0.4, 0.5) is 18.9 Å². The van der Waals surface area contributed by atoms with Gasteiger partial charge >= 0.3 is 6.18 Å². The molecule has 1 aromatic rings. The van der Waals surface area contributed by atoms with E-state index in [9.17, 15) is 13.2 Å². The maximum absolute atomic E-state index is 12.5. The lowest BCUT2D eigenvalue weighted by Crippen LogP contribution is -2.27. The number of benzene rings is 1. The van der Waals surface area contributed by atoms with Crippen LogP contribution in [0.3, 0.4) is 0 Å². The molecule has 106 valence electrons. The Morgan fingerprint density at radius 1 is 1.05 bits per heavy atom. The minimum atomic E-state index is -4.26. The van der Waals surface area contributed by atoms with Crippen molar-refractivity contribution in [1.29, 1.82) is 0 Å². The molecular weight excluding hydrogens is 251 g/mol. The van der Waals surface area contributed by atoms with E-state index in [1.54, 1.807) is 0 Å². The molecule has 1 atom stereocenters. The van der Waals surface area contributed by atoms with Gasteiger partial charge in [-0.2, -0.15) is 13.2 Å². The van der Waals surface area contributed by atoms with Gasteiger partial charge in [-0.15, -0.1) is 0 Å². The smallest absolute Gasteiger partial charge is 0.382 e. The maximum atomic E-state index is 12.5. The van der Waals surface area contributed by atoms with Gasteiger partial charge in [-0.1, -0.05) is 19.3 Å². The number of nitrogens with one attached hydrogen (secondary N) is 1. The maximum Gasteiger partial charge on any atom is 0.416 e. The van der Waals surface area contributed by atoms with Gasteiger partial charge in [0.15, 0.2) is 0 Å². The summed E-state index contributed by atoms with van der Waals surface area (Å²) in [4.78, 5) is 0. The quantitative estimate of drug-likeness (QED) is 0.807. The largest absolute Gasteiger partial charge is 0.416 e. The van der Waals surface area contributed by atoms with E-state index >= 15 is 0 Å². The zero-order chi connectivity index (χ0) is 13.9. The summed E-state index contributed by atoms with van der Waals surface area (Å²) in [5, 5.41) is 3.32. The molecule has 1 fully saturated rings. The molecule has 1 unspecified atom stereocenters. The van der Waals surface area contributed by atoms with Crippen LogP contribution in [0.2, 0.25) is 0 Å². The normalized spacial score (nSPS) is 19.2. The third kappa shape index (κ3) is 3.88. The summed E-state index contributed by atoms with van der Waals surface area (Å²) < 4.78 is 37.4. The first kappa shape index (κ1) is 14.2. The Morgan fingerprint density at radius 2 is 1.63 bits per heavy atom. The zero-order valence-electron chi connectivity index (χ0n) is 11.1. The van der Waals surface area contributed by atoms with Crippen molar-refractivity contribution in [3.05, 3.63) is 29.8 Å². The molecule has 1 saturated carbocycles. The number of alkyl halides is 3. The minimum Gasteiger partial charge on any atom is -0.382 e. The second-order valence-electron chi connectivity index (χ2n) is 5.41. The highest BCUT2D eigenvalue weighted by atomic mass is 19.4. The van der Waals surface area contributed by atoms with Gasteiger partial charge in [0.2, 0.25) is 0 Å². The molecule has 0 aliphatic heterocycles. The third-order valence-electron chi connectivity index (χ3n) is 3.96. The lowest BCUT2D eigenvalue weighted by atomic mass is 9.84. The predicted octanol–water partition coefficient (Wildman–Crippen LogP) is 5.09. The van der Waals surface area contributed by atoms with Gasteiger partial charge in [0, 0.05) is 11.7 Å². The molecule has 19 heavy (non-hydrogen) atoms. The van der Waals surface area contributed by atoms with E-state index in [4.69, 9.17) is 0 Å². The molecule has 1 aliphatic rings. The van der Waals surface area contributed by atoms with E-state index in [1.807, 2.05) is 0 Å². The van der Waals surface area contributed by atoms with Gasteiger partial charge < -0.3 is 5.32 Å². The Bertz CT molecular complexity index is 391. The molecule has 1 N–H and O–H groups in total.